The van der Waals surface area contributed by atoms with Crippen LogP contribution in [0.15, 0.2) is 48.7 Å². The number of amides is 2. The molecule has 0 spiro atoms. The number of H-pyrrole nitrogens is 1. The van der Waals surface area contributed by atoms with Crippen LogP contribution in [0.3, 0.4) is 0 Å². The zero-order valence-corrected chi connectivity index (χ0v) is 18.3. The van der Waals surface area contributed by atoms with Crippen molar-refractivity contribution in [3.8, 4) is 11.1 Å². The Labute approximate surface area is 193 Å². The van der Waals surface area contributed by atoms with Gasteiger partial charge in [-0.3, -0.25) is 14.7 Å². The van der Waals surface area contributed by atoms with Crippen molar-refractivity contribution >= 4 is 22.8 Å². The molecule has 4 aromatic rings. The Bertz CT molecular complexity index is 1430. The van der Waals surface area contributed by atoms with Gasteiger partial charge in [-0.25, -0.2) is 13.8 Å². The van der Waals surface area contributed by atoms with Crippen molar-refractivity contribution in [2.45, 2.75) is 25.3 Å². The van der Waals surface area contributed by atoms with E-state index in [1.54, 1.807) is 18.1 Å². The fraction of sp³-hybridized carbons (Fsp3) is 0.200. The second kappa shape index (κ2) is 8.33. The molecule has 0 saturated heterocycles. The number of aromatic amines is 1. The smallest absolute Gasteiger partial charge is 0.254 e. The maximum absolute atomic E-state index is 13.9. The molecule has 0 fully saturated rings. The van der Waals surface area contributed by atoms with E-state index in [9.17, 15) is 18.4 Å². The highest BCUT2D eigenvalue weighted by Crippen LogP contribution is 2.36. The lowest BCUT2D eigenvalue weighted by Gasteiger charge is -2.19. The lowest BCUT2D eigenvalue weighted by molar-refractivity contribution is -0.118. The normalized spacial score (nSPS) is 14.0. The summed E-state index contributed by atoms with van der Waals surface area (Å²) < 4.78 is 27.7. The van der Waals surface area contributed by atoms with Crippen molar-refractivity contribution in [2.24, 2.45) is 5.73 Å². The van der Waals surface area contributed by atoms with Crippen LogP contribution in [0.2, 0.25) is 0 Å². The summed E-state index contributed by atoms with van der Waals surface area (Å²) in [7, 11) is 1.74. The van der Waals surface area contributed by atoms with E-state index in [2.05, 4.69) is 10.2 Å². The van der Waals surface area contributed by atoms with Gasteiger partial charge in [0.25, 0.3) is 5.91 Å². The van der Waals surface area contributed by atoms with Crippen molar-refractivity contribution in [2.75, 3.05) is 7.05 Å². The lowest BCUT2D eigenvalue weighted by Crippen LogP contribution is -2.18. The topological polar surface area (TPSA) is 105 Å². The number of hydrogen-bond donors (Lipinski definition) is 2. The largest absolute Gasteiger partial charge is 0.370 e. The number of nitrogens with one attached hydrogen (secondary N) is 1. The Morgan fingerprint density at radius 3 is 2.65 bits per heavy atom. The van der Waals surface area contributed by atoms with Crippen molar-refractivity contribution in [1.82, 2.24) is 20.1 Å². The highest BCUT2D eigenvalue weighted by atomic mass is 19.1. The van der Waals surface area contributed by atoms with E-state index in [4.69, 9.17) is 10.7 Å². The summed E-state index contributed by atoms with van der Waals surface area (Å²) in [6.45, 7) is 0.536. The first-order valence-corrected chi connectivity index (χ1v) is 10.7. The minimum absolute atomic E-state index is 0.0714. The number of nitrogens with two attached hydrogens (primary N) is 1. The number of pyridine rings is 1. The Morgan fingerprint density at radius 1 is 1.15 bits per heavy atom. The minimum Gasteiger partial charge on any atom is -0.370 e. The van der Waals surface area contributed by atoms with Gasteiger partial charge in [0.2, 0.25) is 5.91 Å². The van der Waals surface area contributed by atoms with E-state index >= 15 is 0 Å². The van der Waals surface area contributed by atoms with Gasteiger partial charge in [0.15, 0.2) is 0 Å². The summed E-state index contributed by atoms with van der Waals surface area (Å²) in [5, 5.41) is 6.94. The number of aromatic nitrogens is 3. The minimum atomic E-state index is -0.701. The van der Waals surface area contributed by atoms with Crippen LogP contribution in [0, 0.1) is 11.6 Å². The molecule has 0 aliphatic carbocycles. The second-order valence-electron chi connectivity index (χ2n) is 8.61. The third-order valence-electron chi connectivity index (χ3n) is 6.10. The Balaban J connectivity index is 1.66. The Kier molecular flexibility index (Phi) is 5.31. The molecule has 9 heteroatoms. The molecule has 2 aromatic carbocycles. The number of hydrogen-bond acceptors (Lipinski definition) is 4. The molecule has 1 atom stereocenters. The predicted octanol–water partition coefficient (Wildman–Crippen LogP) is 3.69. The van der Waals surface area contributed by atoms with Crippen LogP contribution in [-0.4, -0.2) is 38.9 Å². The monoisotopic (exact) mass is 461 g/mol. The van der Waals surface area contributed by atoms with Crippen molar-refractivity contribution in [3.05, 3.63) is 82.7 Å². The van der Waals surface area contributed by atoms with Gasteiger partial charge in [-0.1, -0.05) is 12.1 Å². The maximum Gasteiger partial charge on any atom is 0.254 e. The van der Waals surface area contributed by atoms with Crippen molar-refractivity contribution < 1.29 is 18.4 Å². The molecule has 1 aliphatic heterocycles. The average molecular weight is 461 g/mol. The molecule has 0 saturated carbocycles. The first kappa shape index (κ1) is 21.7. The number of fused-ring (bicyclic) bond motifs is 2. The van der Waals surface area contributed by atoms with Gasteiger partial charge in [-0.2, -0.15) is 5.10 Å². The molecule has 0 radical (unpaired) electrons. The van der Waals surface area contributed by atoms with Gasteiger partial charge >= 0.3 is 0 Å². The van der Waals surface area contributed by atoms with E-state index < -0.39 is 23.5 Å². The van der Waals surface area contributed by atoms with Gasteiger partial charge in [-0.15, -0.1) is 0 Å². The van der Waals surface area contributed by atoms with E-state index in [1.807, 2.05) is 24.3 Å². The first-order valence-electron chi connectivity index (χ1n) is 10.7. The molecule has 172 valence electrons. The highest BCUT2D eigenvalue weighted by molar-refractivity contribution is 5.99. The summed E-state index contributed by atoms with van der Waals surface area (Å²) in [6, 6.07) is 10.7. The Hall–Kier alpha value is -4.14. The Morgan fingerprint density at radius 2 is 1.91 bits per heavy atom. The van der Waals surface area contributed by atoms with Gasteiger partial charge in [0.05, 0.1) is 17.4 Å². The third kappa shape index (κ3) is 4.00. The van der Waals surface area contributed by atoms with Crippen molar-refractivity contribution in [1.29, 1.82) is 0 Å². The molecule has 3 N–H and O–H groups in total. The van der Waals surface area contributed by atoms with Crippen LogP contribution in [0.4, 0.5) is 8.78 Å². The number of nitrogens with zero attached hydrogens (tertiary/aromatic N) is 3. The van der Waals surface area contributed by atoms with Crippen LogP contribution >= 0.6 is 0 Å². The summed E-state index contributed by atoms with van der Waals surface area (Å²) in [5.41, 5.74) is 10.7. The number of rotatable bonds is 6. The molecule has 7 nitrogen and oxygen atoms in total. The number of benzene rings is 2. The molecular weight excluding hydrogens is 440 g/mol. The summed E-state index contributed by atoms with van der Waals surface area (Å²) in [5.74, 6) is -2.59. The summed E-state index contributed by atoms with van der Waals surface area (Å²) in [6.07, 6.45) is 1.63. The van der Waals surface area contributed by atoms with Gasteiger partial charge < -0.3 is 10.6 Å². The predicted molar refractivity (Wildman–Crippen MR) is 122 cm³/mol. The van der Waals surface area contributed by atoms with E-state index in [0.717, 1.165) is 17.2 Å². The number of primary amides is 1. The lowest BCUT2D eigenvalue weighted by atomic mass is 9.87. The molecule has 3 heterocycles. The number of halogens is 2. The molecule has 2 amide bonds. The summed E-state index contributed by atoms with van der Waals surface area (Å²) >= 11 is 0. The molecule has 0 unspecified atom stereocenters. The molecule has 1 aliphatic rings. The van der Waals surface area contributed by atoms with Crippen molar-refractivity contribution in [3.63, 3.8) is 0 Å². The SMILES string of the molecule is CN1Cc2ccc(-c3cc4[nH]ncc4nc3[C@H](CC(N)=O)Cc3cc(F)cc(F)c3)cc2C1=O. The molecule has 2 aromatic heterocycles. The third-order valence-corrected chi connectivity index (χ3v) is 6.10. The van der Waals surface area contributed by atoms with E-state index in [0.29, 0.717) is 40.0 Å². The molecule has 0 bridgehead atoms. The molecule has 5 rings (SSSR count). The quantitative estimate of drug-likeness (QED) is 0.457. The molecule has 34 heavy (non-hydrogen) atoms. The van der Waals surface area contributed by atoms with E-state index in [-0.39, 0.29) is 18.7 Å². The van der Waals surface area contributed by atoms with Gasteiger partial charge in [-0.05, 0) is 47.4 Å². The summed E-state index contributed by atoms with van der Waals surface area (Å²) in [4.78, 5) is 30.9. The average Bonchev–Trinajstić information content (AvgIpc) is 3.34. The zero-order chi connectivity index (χ0) is 24.0. The molecular formula is C25H21F2N5O2. The zero-order valence-electron chi connectivity index (χ0n) is 18.3. The fourth-order valence-corrected chi connectivity index (χ4v) is 4.57. The van der Waals surface area contributed by atoms with Crippen LogP contribution in [-0.2, 0) is 17.8 Å². The van der Waals surface area contributed by atoms with Crippen LogP contribution in [0.25, 0.3) is 22.2 Å². The fourth-order valence-electron chi connectivity index (χ4n) is 4.57. The number of carbonyl (C=O) groups is 2. The second-order valence-corrected chi connectivity index (χ2v) is 8.61. The van der Waals surface area contributed by atoms with Crippen LogP contribution < -0.4 is 5.73 Å². The van der Waals surface area contributed by atoms with Crippen LogP contribution in [0.5, 0.6) is 0 Å². The first-order chi connectivity index (χ1) is 16.3. The standard InChI is InChI=1S/C25H21F2N5O2/c1-32-12-15-3-2-14(7-20(15)25(32)34)19-10-21-22(11-29-31-21)30-24(19)16(8-23(28)33)4-13-5-17(26)9-18(27)6-13/h2-3,5-7,9-11,16H,4,8,12H2,1H3,(H2,28,33)(H,29,31)/t16-/m0/s1. The van der Waals surface area contributed by atoms with Gasteiger partial charge in [0, 0.05) is 43.1 Å². The van der Waals surface area contributed by atoms with Crippen LogP contribution in [0.1, 0.15) is 39.5 Å². The van der Waals surface area contributed by atoms with Gasteiger partial charge in [0.1, 0.15) is 17.2 Å². The highest BCUT2D eigenvalue weighted by Gasteiger charge is 2.27. The maximum atomic E-state index is 13.9. The van der Waals surface area contributed by atoms with E-state index in [1.165, 1.54) is 12.1 Å². The number of carbonyl (C=O) groups excluding carboxylic acids is 2.